The van der Waals surface area contributed by atoms with E-state index in [1.807, 2.05) is 12.1 Å². The molecule has 0 heterocycles. The number of benzene rings is 1. The highest BCUT2D eigenvalue weighted by Gasteiger charge is 2.55. The number of amides is 2. The van der Waals surface area contributed by atoms with Crippen LogP contribution in [-0.2, 0) is 53.4 Å². The number of aliphatic hydroxyl groups is 1. The van der Waals surface area contributed by atoms with Crippen LogP contribution in [0.1, 0.15) is 103 Å². The van der Waals surface area contributed by atoms with Crippen molar-refractivity contribution in [3.63, 3.8) is 0 Å². The molecule has 1 aromatic carbocycles. The Morgan fingerprint density at radius 2 is 1.70 bits per heavy atom. The molecule has 15 nitrogen and oxygen atoms in total. The van der Waals surface area contributed by atoms with E-state index >= 15 is 0 Å². The number of fused-ring (bicyclic) bond motifs is 5. The summed E-state index contributed by atoms with van der Waals surface area (Å²) in [6, 6.07) is 5.46. The van der Waals surface area contributed by atoms with E-state index in [2.05, 4.69) is 18.3 Å². The van der Waals surface area contributed by atoms with Gasteiger partial charge >= 0.3 is 13.8 Å². The van der Waals surface area contributed by atoms with Crippen molar-refractivity contribution >= 4 is 25.6 Å². The summed E-state index contributed by atoms with van der Waals surface area (Å²) >= 11 is 0. The van der Waals surface area contributed by atoms with Gasteiger partial charge in [0.1, 0.15) is 24.4 Å². The zero-order chi connectivity index (χ0) is 40.6. The first kappa shape index (κ1) is 44.5. The van der Waals surface area contributed by atoms with Crippen LogP contribution in [0.3, 0.4) is 0 Å². The van der Waals surface area contributed by atoms with Crippen LogP contribution in [0.15, 0.2) is 18.2 Å². The highest BCUT2D eigenvalue weighted by Crippen LogP contribution is 2.62. The van der Waals surface area contributed by atoms with E-state index in [-0.39, 0.29) is 62.5 Å². The van der Waals surface area contributed by atoms with Crippen LogP contribution in [0.4, 0.5) is 0 Å². The normalized spacial score (nSPS) is 30.0. The van der Waals surface area contributed by atoms with Gasteiger partial charge in [0, 0.05) is 19.0 Å². The Balaban J connectivity index is 0.967. The highest BCUT2D eigenvalue weighted by molar-refractivity contribution is 7.49. The molecule has 5 rings (SSSR count). The van der Waals surface area contributed by atoms with Gasteiger partial charge in [-0.3, -0.25) is 18.6 Å². The third kappa shape index (κ3) is 11.3. The fraction of sp³-hybridized carbons (Fsp3) is 0.775. The maximum atomic E-state index is 13.4. The second-order valence-electron chi connectivity index (χ2n) is 16.6. The number of hydrogen-bond donors (Lipinski definition) is 4. The summed E-state index contributed by atoms with van der Waals surface area (Å²) < 4.78 is 53.0. The lowest BCUT2D eigenvalue weighted by atomic mass is 9.55. The fourth-order valence-corrected chi connectivity index (χ4v) is 11.0. The first-order valence-electron chi connectivity index (χ1n) is 20.4. The van der Waals surface area contributed by atoms with Gasteiger partial charge in [-0.2, -0.15) is 0 Å². The largest absolute Gasteiger partial charge is 0.530 e. The third-order valence-electron chi connectivity index (χ3n) is 11.9. The van der Waals surface area contributed by atoms with Crippen molar-refractivity contribution in [1.82, 2.24) is 5.32 Å². The zero-order valence-corrected chi connectivity index (χ0v) is 34.5. The second-order valence-corrected chi connectivity index (χ2v) is 18.1. The van der Waals surface area contributed by atoms with Crippen molar-refractivity contribution in [2.75, 3.05) is 39.6 Å². The smallest absolute Gasteiger partial charge is 0.460 e. The van der Waals surface area contributed by atoms with Gasteiger partial charge < -0.3 is 45.4 Å². The molecule has 0 bridgehead atoms. The maximum Gasteiger partial charge on any atom is 0.530 e. The van der Waals surface area contributed by atoms with Crippen LogP contribution >= 0.6 is 7.82 Å². The number of nitrogens with one attached hydrogen (secondary N) is 1. The molecule has 0 spiro atoms. The molecular formula is C40H64N3O12P. The number of hydrogen-bond acceptors (Lipinski definition) is 13. The van der Waals surface area contributed by atoms with Crippen molar-refractivity contribution in [3.05, 3.63) is 29.3 Å². The van der Waals surface area contributed by atoms with Gasteiger partial charge in [-0.05, 0) is 125 Å². The van der Waals surface area contributed by atoms with E-state index in [0.29, 0.717) is 49.5 Å². The summed E-state index contributed by atoms with van der Waals surface area (Å²) in [7, 11) is -3.77. The van der Waals surface area contributed by atoms with Gasteiger partial charge in [0.25, 0.3) is 0 Å². The van der Waals surface area contributed by atoms with Gasteiger partial charge in [0.2, 0.25) is 11.8 Å². The Bertz CT molecular complexity index is 1530. The van der Waals surface area contributed by atoms with E-state index in [0.717, 1.165) is 38.5 Å². The minimum atomic E-state index is -3.77. The van der Waals surface area contributed by atoms with Crippen LogP contribution in [-0.4, -0.2) is 99.0 Å². The SMILES string of the molecule is CC(C)OP(=O)(Oc1ccc2c(c1)CCC1C2CCC2(C)C(OCCC(=O)NCCOCCOCC(=O)OC3CCC(N)C(O)C3C(N)=O)CCC12)OC(C)C. The van der Waals surface area contributed by atoms with Crippen LogP contribution in [0.5, 0.6) is 5.75 Å². The Morgan fingerprint density at radius 1 is 0.964 bits per heavy atom. The van der Waals surface area contributed by atoms with Crippen molar-refractivity contribution in [1.29, 1.82) is 0 Å². The van der Waals surface area contributed by atoms with Crippen LogP contribution < -0.4 is 21.3 Å². The van der Waals surface area contributed by atoms with Crippen LogP contribution in [0.25, 0.3) is 0 Å². The van der Waals surface area contributed by atoms with Gasteiger partial charge in [0.15, 0.2) is 0 Å². The molecular weight excluding hydrogens is 745 g/mol. The molecule has 0 radical (unpaired) electrons. The molecule has 9 unspecified atom stereocenters. The number of carbonyl (C=O) groups is 3. The summed E-state index contributed by atoms with van der Waals surface area (Å²) in [5, 5.41) is 13.0. The molecule has 16 heteroatoms. The van der Waals surface area contributed by atoms with Gasteiger partial charge in [-0.1, -0.05) is 13.0 Å². The topological polar surface area (TPSA) is 217 Å². The maximum absolute atomic E-state index is 13.4. The van der Waals surface area contributed by atoms with E-state index in [4.69, 9.17) is 44.0 Å². The number of rotatable bonds is 20. The Kier molecular flexibility index (Phi) is 15.8. The van der Waals surface area contributed by atoms with Crippen LogP contribution in [0, 0.1) is 23.2 Å². The first-order valence-corrected chi connectivity index (χ1v) is 21.8. The lowest BCUT2D eigenvalue weighted by molar-refractivity contribution is -0.166. The lowest BCUT2D eigenvalue weighted by Crippen LogP contribution is -2.55. The Hall–Kier alpha value is -2.62. The number of phosphoric acid groups is 1. The summed E-state index contributed by atoms with van der Waals surface area (Å²) in [5.74, 6) is -0.511. The summed E-state index contributed by atoms with van der Waals surface area (Å²) in [4.78, 5) is 36.5. The van der Waals surface area contributed by atoms with E-state index < -0.39 is 43.9 Å². The van der Waals surface area contributed by atoms with E-state index in [1.54, 1.807) is 27.7 Å². The van der Waals surface area contributed by atoms with Crippen molar-refractivity contribution in [2.24, 2.45) is 34.6 Å². The summed E-state index contributed by atoms with van der Waals surface area (Å²) in [5.41, 5.74) is 13.9. The standard InChI is InChI=1S/C40H64N3O12P/c1-24(2)53-56(48,54-25(3)4)55-27-7-9-28-26(22-27)6-8-30-29(28)14-16-40(5)31(30)10-13-34(40)51-18-15-35(44)43-17-19-49-20-21-50-23-36(45)52-33-12-11-32(41)38(46)37(33)39(42)47/h7,9,22,24-25,29-34,37-38,46H,6,8,10-21,23,41H2,1-5H3,(H2,42,47)(H,43,44). The molecule has 3 saturated carbocycles. The Labute approximate surface area is 331 Å². The number of carbonyl (C=O) groups excluding carboxylic acids is 3. The molecule has 56 heavy (non-hydrogen) atoms. The molecule has 4 aliphatic carbocycles. The van der Waals surface area contributed by atoms with Crippen molar-refractivity contribution in [2.45, 2.75) is 135 Å². The molecule has 0 aliphatic heterocycles. The van der Waals surface area contributed by atoms with Gasteiger partial charge in [-0.25, -0.2) is 9.36 Å². The number of ether oxygens (including phenoxy) is 4. The number of esters is 1. The quantitative estimate of drug-likeness (QED) is 0.0822. The highest BCUT2D eigenvalue weighted by atomic mass is 31.2. The first-order chi connectivity index (χ1) is 26.6. The third-order valence-corrected chi connectivity index (χ3v) is 13.7. The average Bonchev–Trinajstić information content (AvgIpc) is 3.45. The van der Waals surface area contributed by atoms with Gasteiger partial charge in [-0.15, -0.1) is 0 Å². The number of nitrogens with two attached hydrogens (primary N) is 2. The molecule has 316 valence electrons. The molecule has 0 aromatic heterocycles. The molecule has 4 aliphatic rings. The van der Waals surface area contributed by atoms with Crippen molar-refractivity contribution < 1.29 is 56.6 Å². The second kappa shape index (κ2) is 19.9. The predicted octanol–water partition coefficient (Wildman–Crippen LogP) is 4.30. The number of primary amides is 1. The Morgan fingerprint density at radius 3 is 2.41 bits per heavy atom. The number of aryl methyl sites for hydroxylation is 1. The van der Waals surface area contributed by atoms with Crippen molar-refractivity contribution in [3.8, 4) is 5.75 Å². The van der Waals surface area contributed by atoms with E-state index in [9.17, 15) is 24.1 Å². The molecule has 6 N–H and O–H groups in total. The molecule has 1 aromatic rings. The minimum Gasteiger partial charge on any atom is -0.460 e. The summed E-state index contributed by atoms with van der Waals surface area (Å²) in [6.07, 6.45) is 4.74. The monoisotopic (exact) mass is 809 g/mol. The molecule has 3 fully saturated rings. The molecule has 9 atom stereocenters. The summed E-state index contributed by atoms with van der Waals surface area (Å²) in [6.45, 7) is 10.6. The zero-order valence-electron chi connectivity index (χ0n) is 33.7. The number of aliphatic hydroxyl groups excluding tert-OH is 1. The number of phosphoric ester groups is 1. The van der Waals surface area contributed by atoms with Crippen LogP contribution in [0.2, 0.25) is 0 Å². The molecule has 0 saturated heterocycles. The molecule has 2 amide bonds. The minimum absolute atomic E-state index is 0.0678. The lowest BCUT2D eigenvalue weighted by Gasteiger charge is -2.50. The van der Waals surface area contributed by atoms with E-state index in [1.165, 1.54) is 11.1 Å². The predicted molar refractivity (Wildman–Crippen MR) is 207 cm³/mol. The fourth-order valence-electron chi connectivity index (χ4n) is 9.45. The average molecular weight is 810 g/mol. The van der Waals surface area contributed by atoms with Gasteiger partial charge in [0.05, 0.1) is 50.8 Å².